The smallest absolute Gasteiger partial charge is 0.146 e. The first-order valence-electron chi connectivity index (χ1n) is 5.91. The third kappa shape index (κ3) is 2.14. The van der Waals surface area contributed by atoms with Crippen LogP contribution >= 0.6 is 11.3 Å². The van der Waals surface area contributed by atoms with Gasteiger partial charge in [0.25, 0.3) is 0 Å². The molecule has 0 amide bonds. The molecule has 0 unspecified atom stereocenters. The van der Waals surface area contributed by atoms with Crippen LogP contribution in [0.25, 0.3) is 10.2 Å². The molecule has 0 atom stereocenters. The molecule has 6 heteroatoms. The molecule has 1 heterocycles. The van der Waals surface area contributed by atoms with E-state index in [9.17, 15) is 4.39 Å². The first-order valence-corrected chi connectivity index (χ1v) is 6.79. The lowest BCUT2D eigenvalue weighted by molar-refractivity contribution is 0.414. The second-order valence-electron chi connectivity index (χ2n) is 4.20. The summed E-state index contributed by atoms with van der Waals surface area (Å²) in [5, 5.41) is 2.98. The van der Waals surface area contributed by atoms with Crippen LogP contribution in [0.2, 0.25) is 0 Å². The van der Waals surface area contributed by atoms with Gasteiger partial charge in [-0.1, -0.05) is 0 Å². The van der Waals surface area contributed by atoms with Gasteiger partial charge in [-0.3, -0.25) is 0 Å². The minimum Gasteiger partial charge on any atom is -0.497 e. The number of nitrogen functional groups attached to an aromatic ring is 1. The second-order valence-corrected chi connectivity index (χ2v) is 5.08. The molecule has 20 heavy (non-hydrogen) atoms. The van der Waals surface area contributed by atoms with Crippen molar-refractivity contribution in [2.24, 2.45) is 0 Å². The van der Waals surface area contributed by atoms with Crippen LogP contribution in [-0.4, -0.2) is 12.1 Å². The predicted octanol–water partition coefficient (Wildman–Crippen LogP) is 3.77. The van der Waals surface area contributed by atoms with E-state index >= 15 is 0 Å². The van der Waals surface area contributed by atoms with Crippen molar-refractivity contribution in [2.45, 2.75) is 0 Å². The minimum absolute atomic E-state index is 0.311. The molecule has 4 nitrogen and oxygen atoms in total. The number of methoxy groups -OCH3 is 1. The third-order valence-electron chi connectivity index (χ3n) is 2.98. The molecule has 1 aromatic heterocycles. The average Bonchev–Trinajstić information content (AvgIpc) is 2.93. The molecule has 0 aliphatic carbocycles. The topological polar surface area (TPSA) is 60.2 Å². The van der Waals surface area contributed by atoms with Crippen LogP contribution in [0, 0.1) is 5.82 Å². The van der Waals surface area contributed by atoms with Crippen molar-refractivity contribution in [2.75, 3.05) is 18.2 Å². The number of halogens is 1. The van der Waals surface area contributed by atoms with Crippen molar-refractivity contribution in [3.05, 3.63) is 41.7 Å². The van der Waals surface area contributed by atoms with E-state index < -0.39 is 0 Å². The Hall–Kier alpha value is -2.34. The standard InChI is InChI=1S/C14H12FN3OS/c1-19-8-2-3-9(15)11(6-8)18-10-4-5-12-14(13(10)16)17-7-20-12/h2-7,18H,16H2,1H3. The van der Waals surface area contributed by atoms with Crippen LogP contribution < -0.4 is 15.8 Å². The summed E-state index contributed by atoms with van der Waals surface area (Å²) < 4.78 is 19.9. The number of hydrogen-bond donors (Lipinski definition) is 2. The Labute approximate surface area is 119 Å². The highest BCUT2D eigenvalue weighted by atomic mass is 32.1. The lowest BCUT2D eigenvalue weighted by Crippen LogP contribution is -1.99. The van der Waals surface area contributed by atoms with Gasteiger partial charge in [-0.05, 0) is 24.3 Å². The molecule has 3 N–H and O–H groups in total. The van der Waals surface area contributed by atoms with Gasteiger partial charge in [-0.15, -0.1) is 11.3 Å². The van der Waals surface area contributed by atoms with Crippen LogP contribution in [0.5, 0.6) is 5.75 Å². The lowest BCUT2D eigenvalue weighted by atomic mass is 10.2. The number of anilines is 3. The number of aromatic nitrogens is 1. The molecule has 0 aliphatic heterocycles. The number of benzene rings is 2. The summed E-state index contributed by atoms with van der Waals surface area (Å²) in [6.45, 7) is 0. The Morgan fingerprint density at radius 3 is 2.90 bits per heavy atom. The highest BCUT2D eigenvalue weighted by Gasteiger charge is 2.10. The summed E-state index contributed by atoms with van der Waals surface area (Å²) in [6.07, 6.45) is 0. The molecule has 0 saturated heterocycles. The summed E-state index contributed by atoms with van der Waals surface area (Å²) >= 11 is 1.51. The van der Waals surface area contributed by atoms with E-state index in [1.807, 2.05) is 12.1 Å². The third-order valence-corrected chi connectivity index (χ3v) is 3.78. The van der Waals surface area contributed by atoms with Crippen LogP contribution in [-0.2, 0) is 0 Å². The highest BCUT2D eigenvalue weighted by molar-refractivity contribution is 7.16. The molecule has 0 bridgehead atoms. The molecule has 0 radical (unpaired) electrons. The Balaban J connectivity index is 2.02. The number of hydrogen-bond acceptors (Lipinski definition) is 5. The molecular weight excluding hydrogens is 277 g/mol. The van der Waals surface area contributed by atoms with E-state index in [1.54, 1.807) is 17.6 Å². The van der Waals surface area contributed by atoms with E-state index in [0.29, 0.717) is 22.8 Å². The van der Waals surface area contributed by atoms with Gasteiger partial charge in [0.1, 0.15) is 17.1 Å². The number of nitrogens with two attached hydrogens (primary N) is 1. The zero-order chi connectivity index (χ0) is 14.1. The van der Waals surface area contributed by atoms with Crippen molar-refractivity contribution < 1.29 is 9.13 Å². The summed E-state index contributed by atoms with van der Waals surface area (Å²) in [7, 11) is 1.53. The molecule has 102 valence electrons. The van der Waals surface area contributed by atoms with Gasteiger partial charge < -0.3 is 15.8 Å². The van der Waals surface area contributed by atoms with E-state index in [4.69, 9.17) is 10.5 Å². The molecule has 2 aromatic carbocycles. The quantitative estimate of drug-likeness (QED) is 0.721. The first-order chi connectivity index (χ1) is 9.69. The zero-order valence-electron chi connectivity index (χ0n) is 10.7. The highest BCUT2D eigenvalue weighted by Crippen LogP contribution is 2.33. The maximum Gasteiger partial charge on any atom is 0.146 e. The number of fused-ring (bicyclic) bond motifs is 1. The van der Waals surface area contributed by atoms with Crippen molar-refractivity contribution in [3.8, 4) is 5.75 Å². The normalized spacial score (nSPS) is 10.7. The maximum atomic E-state index is 13.8. The van der Waals surface area contributed by atoms with Crippen molar-refractivity contribution in [1.82, 2.24) is 4.98 Å². The van der Waals surface area contributed by atoms with Crippen LogP contribution in [0.4, 0.5) is 21.5 Å². The van der Waals surface area contributed by atoms with Gasteiger partial charge in [0, 0.05) is 6.07 Å². The fraction of sp³-hybridized carbons (Fsp3) is 0.0714. The fourth-order valence-electron chi connectivity index (χ4n) is 1.93. The Bertz CT molecular complexity index is 772. The van der Waals surface area contributed by atoms with E-state index in [0.717, 1.165) is 10.2 Å². The molecule has 0 aliphatic rings. The number of thiazole rings is 1. The van der Waals surface area contributed by atoms with Gasteiger partial charge in [-0.2, -0.15) is 0 Å². The molecule has 0 fully saturated rings. The van der Waals surface area contributed by atoms with E-state index in [1.165, 1.54) is 24.5 Å². The number of nitrogens with one attached hydrogen (secondary N) is 1. The monoisotopic (exact) mass is 289 g/mol. The number of rotatable bonds is 3. The van der Waals surface area contributed by atoms with Gasteiger partial charge in [-0.25, -0.2) is 9.37 Å². The Morgan fingerprint density at radius 2 is 2.10 bits per heavy atom. The Morgan fingerprint density at radius 1 is 1.25 bits per heavy atom. The van der Waals surface area contributed by atoms with Crippen molar-refractivity contribution in [1.29, 1.82) is 0 Å². The summed E-state index contributed by atoms with van der Waals surface area (Å²) in [4.78, 5) is 4.21. The van der Waals surface area contributed by atoms with Gasteiger partial charge in [0.2, 0.25) is 0 Å². The molecular formula is C14H12FN3OS. The van der Waals surface area contributed by atoms with Crippen LogP contribution in [0.15, 0.2) is 35.8 Å². The van der Waals surface area contributed by atoms with Gasteiger partial charge in [0.05, 0.1) is 34.4 Å². The van der Waals surface area contributed by atoms with Gasteiger partial charge >= 0.3 is 0 Å². The first kappa shape index (κ1) is 12.7. The fourth-order valence-corrected chi connectivity index (χ4v) is 2.63. The van der Waals surface area contributed by atoms with E-state index in [2.05, 4.69) is 10.3 Å². The molecule has 3 aromatic rings. The largest absolute Gasteiger partial charge is 0.497 e. The second kappa shape index (κ2) is 4.97. The van der Waals surface area contributed by atoms with Crippen LogP contribution in [0.3, 0.4) is 0 Å². The Kier molecular flexibility index (Phi) is 3.15. The summed E-state index contributed by atoms with van der Waals surface area (Å²) in [6, 6.07) is 8.21. The van der Waals surface area contributed by atoms with Crippen molar-refractivity contribution >= 4 is 38.6 Å². The van der Waals surface area contributed by atoms with Crippen molar-refractivity contribution in [3.63, 3.8) is 0 Å². The summed E-state index contributed by atoms with van der Waals surface area (Å²) in [5.74, 6) is 0.200. The SMILES string of the molecule is COc1ccc(F)c(Nc2ccc3scnc3c2N)c1. The van der Waals surface area contributed by atoms with Crippen LogP contribution in [0.1, 0.15) is 0 Å². The summed E-state index contributed by atoms with van der Waals surface area (Å²) in [5.41, 5.74) is 9.96. The zero-order valence-corrected chi connectivity index (χ0v) is 11.5. The maximum absolute atomic E-state index is 13.8. The molecule has 0 saturated carbocycles. The predicted molar refractivity (Wildman–Crippen MR) is 80.3 cm³/mol. The minimum atomic E-state index is -0.372. The number of nitrogens with zero attached hydrogens (tertiary/aromatic N) is 1. The molecule has 3 rings (SSSR count). The average molecular weight is 289 g/mol. The number of ether oxygens (including phenoxy) is 1. The molecule has 0 spiro atoms. The lowest BCUT2D eigenvalue weighted by Gasteiger charge is -2.11. The van der Waals surface area contributed by atoms with Gasteiger partial charge in [0.15, 0.2) is 0 Å². The van der Waals surface area contributed by atoms with E-state index in [-0.39, 0.29) is 5.82 Å².